The molecular formula is C34H41N3O3. The first kappa shape index (κ1) is 26.9. The van der Waals surface area contributed by atoms with Gasteiger partial charge in [-0.2, -0.15) is 5.26 Å². The highest BCUT2D eigenvalue weighted by Crippen LogP contribution is 2.68. The molecule has 4 aliphatic carbocycles. The van der Waals surface area contributed by atoms with Gasteiger partial charge in [-0.05, 0) is 85.7 Å². The summed E-state index contributed by atoms with van der Waals surface area (Å²) in [6, 6.07) is 12.2. The van der Waals surface area contributed by atoms with Crippen molar-refractivity contribution in [3.8, 4) is 22.9 Å². The normalized spacial score (nSPS) is 34.5. The molecule has 0 amide bonds. The Morgan fingerprint density at radius 2 is 1.90 bits per heavy atom. The van der Waals surface area contributed by atoms with Crippen LogP contribution in [0, 0.1) is 39.9 Å². The number of nitrogens with two attached hydrogens (primary N) is 1. The van der Waals surface area contributed by atoms with Crippen LogP contribution in [0.3, 0.4) is 0 Å². The number of pyridine rings is 1. The summed E-state index contributed by atoms with van der Waals surface area (Å²) < 4.78 is 11.3. The zero-order valence-corrected chi connectivity index (χ0v) is 24.2. The van der Waals surface area contributed by atoms with Crippen molar-refractivity contribution in [2.75, 3.05) is 12.8 Å². The fraction of sp³-hybridized carbons (Fsp3) is 0.559. The molecular weight excluding hydrogens is 498 g/mol. The van der Waals surface area contributed by atoms with Crippen molar-refractivity contribution in [3.63, 3.8) is 0 Å². The summed E-state index contributed by atoms with van der Waals surface area (Å²) in [4.78, 5) is 16.5. The molecule has 1 aromatic carbocycles. The third-order valence-corrected chi connectivity index (χ3v) is 11.3. The van der Waals surface area contributed by atoms with E-state index in [0.29, 0.717) is 35.1 Å². The zero-order chi connectivity index (χ0) is 28.2. The molecule has 40 heavy (non-hydrogen) atoms. The number of para-hydroxylation sites is 1. The highest BCUT2D eigenvalue weighted by molar-refractivity contribution is 5.79. The molecule has 4 aliphatic rings. The standard InChI is InChI=1S/C34H41N3O3/c1-20(38)40-22-13-15-33(2)21(17-22)9-10-24-27-11-12-29(34(27,3)16-14-28(24)33)30-18-25(26(19-35)32(36)37-30)23-7-5-6-8-31(23)39-4/h5-9,18,22,24,27-29H,10-17H2,1-4H3,(H2,36,37)/t22-,24-,27-,28-,29+,33-,34-/m0/s1. The molecule has 0 radical (unpaired) electrons. The van der Waals surface area contributed by atoms with Gasteiger partial charge >= 0.3 is 5.97 Å². The lowest BCUT2D eigenvalue weighted by atomic mass is 9.47. The summed E-state index contributed by atoms with van der Waals surface area (Å²) in [6.07, 6.45) is 11.3. The Bertz CT molecular complexity index is 1410. The Labute approximate surface area is 238 Å². The number of nitriles is 1. The Kier molecular flexibility index (Phi) is 6.68. The number of hydrogen-bond donors (Lipinski definition) is 1. The number of rotatable bonds is 4. The minimum Gasteiger partial charge on any atom is -0.496 e. The third-order valence-electron chi connectivity index (χ3n) is 11.3. The number of nitrogen functional groups attached to an aromatic ring is 1. The zero-order valence-electron chi connectivity index (χ0n) is 24.2. The molecule has 7 atom stereocenters. The van der Waals surface area contributed by atoms with Crippen molar-refractivity contribution in [1.29, 1.82) is 5.26 Å². The first-order valence-corrected chi connectivity index (χ1v) is 14.9. The van der Waals surface area contributed by atoms with Gasteiger partial charge in [-0.1, -0.05) is 43.7 Å². The molecule has 1 heterocycles. The lowest BCUT2D eigenvalue weighted by Gasteiger charge is -2.58. The van der Waals surface area contributed by atoms with Gasteiger partial charge in [0, 0.05) is 36.1 Å². The van der Waals surface area contributed by atoms with Crippen molar-refractivity contribution >= 4 is 11.8 Å². The van der Waals surface area contributed by atoms with Gasteiger partial charge in [0.05, 0.1) is 7.11 Å². The summed E-state index contributed by atoms with van der Waals surface area (Å²) in [5.41, 5.74) is 11.4. The number of methoxy groups -OCH3 is 1. The summed E-state index contributed by atoms with van der Waals surface area (Å²) in [5.74, 6) is 3.14. The quantitative estimate of drug-likeness (QED) is 0.326. The van der Waals surface area contributed by atoms with Crippen LogP contribution in [0.15, 0.2) is 42.0 Å². The van der Waals surface area contributed by atoms with E-state index in [1.54, 1.807) is 7.11 Å². The van der Waals surface area contributed by atoms with E-state index in [-0.39, 0.29) is 22.9 Å². The highest BCUT2D eigenvalue weighted by Gasteiger charge is 2.59. The number of nitrogens with zero attached hydrogens (tertiary/aromatic N) is 2. The molecule has 0 unspecified atom stereocenters. The van der Waals surface area contributed by atoms with E-state index in [1.807, 2.05) is 24.3 Å². The van der Waals surface area contributed by atoms with Crippen LogP contribution in [-0.4, -0.2) is 24.2 Å². The van der Waals surface area contributed by atoms with Crippen molar-refractivity contribution in [2.24, 2.45) is 28.6 Å². The van der Waals surface area contributed by atoms with Crippen LogP contribution < -0.4 is 10.5 Å². The maximum Gasteiger partial charge on any atom is 0.302 e. The van der Waals surface area contributed by atoms with Gasteiger partial charge < -0.3 is 15.2 Å². The highest BCUT2D eigenvalue weighted by atomic mass is 16.5. The van der Waals surface area contributed by atoms with Gasteiger partial charge in [-0.25, -0.2) is 4.98 Å². The van der Waals surface area contributed by atoms with E-state index in [2.05, 4.69) is 32.1 Å². The number of allylic oxidation sites excluding steroid dienone is 1. The summed E-state index contributed by atoms with van der Waals surface area (Å²) in [6.45, 7) is 6.49. The first-order valence-electron chi connectivity index (χ1n) is 14.9. The number of hydrogen-bond acceptors (Lipinski definition) is 6. The maximum absolute atomic E-state index is 11.6. The molecule has 1 aromatic heterocycles. The fourth-order valence-electron chi connectivity index (χ4n) is 9.41. The lowest BCUT2D eigenvalue weighted by Crippen LogP contribution is -2.50. The Balaban J connectivity index is 1.32. The van der Waals surface area contributed by atoms with E-state index < -0.39 is 0 Å². The molecule has 3 fully saturated rings. The van der Waals surface area contributed by atoms with Crippen LogP contribution in [0.1, 0.15) is 89.3 Å². The number of carbonyl (C=O) groups is 1. The van der Waals surface area contributed by atoms with Crippen molar-refractivity contribution in [2.45, 2.75) is 84.2 Å². The molecule has 2 aromatic rings. The average Bonchev–Trinajstić information content (AvgIpc) is 3.29. The topological polar surface area (TPSA) is 98.2 Å². The molecule has 0 aliphatic heterocycles. The van der Waals surface area contributed by atoms with Gasteiger partial charge in [0.15, 0.2) is 0 Å². The number of benzene rings is 1. The van der Waals surface area contributed by atoms with Gasteiger partial charge in [-0.15, -0.1) is 0 Å². The van der Waals surface area contributed by atoms with Crippen molar-refractivity contribution in [1.82, 2.24) is 4.98 Å². The molecule has 0 saturated heterocycles. The predicted molar refractivity (Wildman–Crippen MR) is 155 cm³/mol. The second kappa shape index (κ2) is 9.94. The van der Waals surface area contributed by atoms with Gasteiger partial charge in [-0.3, -0.25) is 4.79 Å². The van der Waals surface area contributed by atoms with E-state index in [0.717, 1.165) is 54.7 Å². The molecule has 3 saturated carbocycles. The molecule has 0 spiro atoms. The molecule has 6 heteroatoms. The fourth-order valence-corrected chi connectivity index (χ4v) is 9.41. The number of anilines is 1. The monoisotopic (exact) mass is 539 g/mol. The van der Waals surface area contributed by atoms with E-state index >= 15 is 0 Å². The number of carbonyl (C=O) groups excluding carboxylic acids is 1. The van der Waals surface area contributed by atoms with E-state index in [9.17, 15) is 10.1 Å². The first-order chi connectivity index (χ1) is 19.2. The van der Waals surface area contributed by atoms with Crippen LogP contribution in [-0.2, 0) is 9.53 Å². The summed E-state index contributed by atoms with van der Waals surface area (Å²) >= 11 is 0. The van der Waals surface area contributed by atoms with Crippen LogP contribution in [0.4, 0.5) is 5.82 Å². The maximum atomic E-state index is 11.6. The second-order valence-electron chi connectivity index (χ2n) is 13.1. The lowest BCUT2D eigenvalue weighted by molar-refractivity contribution is -0.148. The minimum absolute atomic E-state index is 0.0310. The van der Waals surface area contributed by atoms with Crippen molar-refractivity contribution < 1.29 is 14.3 Å². The molecule has 0 bridgehead atoms. The largest absolute Gasteiger partial charge is 0.496 e. The van der Waals surface area contributed by atoms with Crippen LogP contribution in [0.5, 0.6) is 5.75 Å². The Morgan fingerprint density at radius 3 is 2.65 bits per heavy atom. The smallest absolute Gasteiger partial charge is 0.302 e. The SMILES string of the molecule is COc1ccccc1-c1cc([C@H]2CC[C@H]3[C@@H]4CC=C5C[C@@H](OC(C)=O)CC[C@]5(C)[C@H]4CC[C@]23C)nc(N)c1C#N. The van der Waals surface area contributed by atoms with Crippen LogP contribution in [0.25, 0.3) is 11.1 Å². The molecule has 6 rings (SSSR count). The number of ether oxygens (including phenoxy) is 2. The third kappa shape index (κ3) is 4.12. The molecule has 210 valence electrons. The summed E-state index contributed by atoms with van der Waals surface area (Å²) in [5, 5.41) is 9.99. The summed E-state index contributed by atoms with van der Waals surface area (Å²) in [7, 11) is 1.66. The Hall–Kier alpha value is -3.33. The van der Waals surface area contributed by atoms with E-state index in [1.165, 1.54) is 31.8 Å². The predicted octanol–water partition coefficient (Wildman–Crippen LogP) is 7.19. The van der Waals surface area contributed by atoms with Crippen LogP contribution in [0.2, 0.25) is 0 Å². The molecule has 2 N–H and O–H groups in total. The van der Waals surface area contributed by atoms with E-state index in [4.69, 9.17) is 20.2 Å². The van der Waals surface area contributed by atoms with Gasteiger partial charge in [0.2, 0.25) is 0 Å². The number of fused-ring (bicyclic) bond motifs is 5. The number of esters is 1. The van der Waals surface area contributed by atoms with Gasteiger partial charge in [0.25, 0.3) is 0 Å². The minimum atomic E-state index is -0.167. The Morgan fingerprint density at radius 1 is 1.10 bits per heavy atom. The van der Waals surface area contributed by atoms with Crippen LogP contribution >= 0.6 is 0 Å². The number of aromatic nitrogens is 1. The average molecular weight is 540 g/mol. The molecule has 6 nitrogen and oxygen atoms in total. The van der Waals surface area contributed by atoms with Gasteiger partial charge in [0.1, 0.15) is 29.3 Å². The van der Waals surface area contributed by atoms with Crippen molar-refractivity contribution in [3.05, 3.63) is 53.2 Å². The second-order valence-corrected chi connectivity index (χ2v) is 13.1.